The van der Waals surface area contributed by atoms with Crippen LogP contribution in [0.5, 0.6) is 0 Å². The summed E-state index contributed by atoms with van der Waals surface area (Å²) in [6.07, 6.45) is 6.56. The SMILES string of the molecule is CCCCCC[C@@H](C)CNc1ccc(C(=O)OC)cc1. The van der Waals surface area contributed by atoms with Crippen LogP contribution in [-0.2, 0) is 4.74 Å². The molecule has 112 valence electrons. The number of rotatable bonds is 9. The Hall–Kier alpha value is -1.51. The standard InChI is InChI=1S/C17H27NO2/c1-4-5-6-7-8-14(2)13-18-16-11-9-15(10-12-16)17(19)20-3/h9-12,14,18H,4-8,13H2,1-3H3/t14-/m1/s1. The van der Waals surface area contributed by atoms with Gasteiger partial charge in [0.25, 0.3) is 0 Å². The first-order valence-corrected chi connectivity index (χ1v) is 7.59. The van der Waals surface area contributed by atoms with Crippen molar-refractivity contribution in [1.29, 1.82) is 0 Å². The van der Waals surface area contributed by atoms with Crippen molar-refractivity contribution < 1.29 is 9.53 Å². The molecule has 0 aromatic heterocycles. The van der Waals surface area contributed by atoms with E-state index in [4.69, 9.17) is 0 Å². The lowest BCUT2D eigenvalue weighted by Crippen LogP contribution is -2.11. The van der Waals surface area contributed by atoms with Crippen molar-refractivity contribution in [1.82, 2.24) is 0 Å². The van der Waals surface area contributed by atoms with Crippen LogP contribution in [-0.4, -0.2) is 19.6 Å². The van der Waals surface area contributed by atoms with Gasteiger partial charge in [0, 0.05) is 12.2 Å². The summed E-state index contributed by atoms with van der Waals surface area (Å²) in [6.45, 7) is 5.49. The minimum Gasteiger partial charge on any atom is -0.465 e. The molecule has 0 heterocycles. The highest BCUT2D eigenvalue weighted by atomic mass is 16.5. The highest BCUT2D eigenvalue weighted by molar-refractivity contribution is 5.89. The number of benzene rings is 1. The molecule has 0 aliphatic heterocycles. The Bertz CT molecular complexity index is 386. The summed E-state index contributed by atoms with van der Waals surface area (Å²) >= 11 is 0. The Labute approximate surface area is 122 Å². The quantitative estimate of drug-likeness (QED) is 0.534. The lowest BCUT2D eigenvalue weighted by molar-refractivity contribution is 0.0601. The number of anilines is 1. The van der Waals surface area contributed by atoms with Crippen molar-refractivity contribution in [3.8, 4) is 0 Å². The molecule has 0 fully saturated rings. The van der Waals surface area contributed by atoms with Gasteiger partial charge < -0.3 is 10.1 Å². The topological polar surface area (TPSA) is 38.3 Å². The van der Waals surface area contributed by atoms with Gasteiger partial charge in [-0.1, -0.05) is 39.5 Å². The number of hydrogen-bond acceptors (Lipinski definition) is 3. The Kier molecular flexibility index (Phi) is 7.78. The van der Waals surface area contributed by atoms with Crippen LogP contribution in [0.4, 0.5) is 5.69 Å². The summed E-state index contributed by atoms with van der Waals surface area (Å²) in [5.41, 5.74) is 1.64. The van der Waals surface area contributed by atoms with Crippen molar-refractivity contribution >= 4 is 11.7 Å². The summed E-state index contributed by atoms with van der Waals surface area (Å²) < 4.78 is 4.68. The van der Waals surface area contributed by atoms with Gasteiger partial charge in [-0.2, -0.15) is 0 Å². The van der Waals surface area contributed by atoms with E-state index >= 15 is 0 Å². The van der Waals surface area contributed by atoms with Crippen molar-refractivity contribution in [3.05, 3.63) is 29.8 Å². The van der Waals surface area contributed by atoms with Crippen molar-refractivity contribution in [2.24, 2.45) is 5.92 Å². The fourth-order valence-corrected chi connectivity index (χ4v) is 2.16. The van der Waals surface area contributed by atoms with Crippen LogP contribution in [0.3, 0.4) is 0 Å². The van der Waals surface area contributed by atoms with E-state index in [2.05, 4.69) is 23.9 Å². The van der Waals surface area contributed by atoms with Crippen LogP contribution < -0.4 is 5.32 Å². The zero-order chi connectivity index (χ0) is 14.8. The van der Waals surface area contributed by atoms with E-state index in [1.165, 1.54) is 39.2 Å². The van der Waals surface area contributed by atoms with Crippen LogP contribution in [0.25, 0.3) is 0 Å². The highest BCUT2D eigenvalue weighted by Crippen LogP contribution is 2.14. The molecular weight excluding hydrogens is 250 g/mol. The molecule has 1 aromatic carbocycles. The fraction of sp³-hybridized carbons (Fsp3) is 0.588. The predicted molar refractivity (Wildman–Crippen MR) is 84.2 cm³/mol. The first-order chi connectivity index (χ1) is 9.67. The van der Waals surface area contributed by atoms with Gasteiger partial charge in [0.15, 0.2) is 0 Å². The number of nitrogens with one attached hydrogen (secondary N) is 1. The molecule has 3 nitrogen and oxygen atoms in total. The van der Waals surface area contributed by atoms with Crippen LogP contribution in [0.15, 0.2) is 24.3 Å². The molecule has 3 heteroatoms. The predicted octanol–water partition coefficient (Wildman–Crippen LogP) is 4.49. The third-order valence-electron chi connectivity index (χ3n) is 3.51. The Morgan fingerprint density at radius 1 is 1.20 bits per heavy atom. The third kappa shape index (κ3) is 6.09. The van der Waals surface area contributed by atoms with Gasteiger partial charge in [0.1, 0.15) is 0 Å². The van der Waals surface area contributed by atoms with Gasteiger partial charge in [0.2, 0.25) is 0 Å². The molecule has 0 unspecified atom stereocenters. The Balaban J connectivity index is 2.29. The third-order valence-corrected chi connectivity index (χ3v) is 3.51. The molecule has 0 bridgehead atoms. The zero-order valence-electron chi connectivity index (χ0n) is 12.9. The number of methoxy groups -OCH3 is 1. The maximum absolute atomic E-state index is 11.3. The highest BCUT2D eigenvalue weighted by Gasteiger charge is 2.05. The molecule has 1 aromatic rings. The monoisotopic (exact) mass is 277 g/mol. The number of hydrogen-bond donors (Lipinski definition) is 1. The molecular formula is C17H27NO2. The van der Waals surface area contributed by atoms with E-state index in [0.717, 1.165) is 12.2 Å². The van der Waals surface area contributed by atoms with Gasteiger partial charge in [-0.15, -0.1) is 0 Å². The maximum atomic E-state index is 11.3. The number of ether oxygens (including phenoxy) is 1. The normalized spacial score (nSPS) is 11.9. The average molecular weight is 277 g/mol. The molecule has 0 aliphatic rings. The molecule has 1 atom stereocenters. The largest absolute Gasteiger partial charge is 0.465 e. The lowest BCUT2D eigenvalue weighted by Gasteiger charge is -2.13. The molecule has 0 amide bonds. The fourth-order valence-electron chi connectivity index (χ4n) is 2.16. The molecule has 0 saturated carbocycles. The summed E-state index contributed by atoms with van der Waals surface area (Å²) in [6, 6.07) is 7.44. The second-order valence-electron chi connectivity index (χ2n) is 5.40. The molecule has 1 N–H and O–H groups in total. The van der Waals surface area contributed by atoms with Gasteiger partial charge in [-0.25, -0.2) is 4.79 Å². The van der Waals surface area contributed by atoms with Gasteiger partial charge in [-0.05, 0) is 36.6 Å². The van der Waals surface area contributed by atoms with Crippen molar-refractivity contribution in [2.45, 2.75) is 46.0 Å². The molecule has 20 heavy (non-hydrogen) atoms. The number of esters is 1. The van der Waals surface area contributed by atoms with E-state index in [9.17, 15) is 4.79 Å². The number of carbonyl (C=O) groups excluding carboxylic acids is 1. The Morgan fingerprint density at radius 3 is 2.50 bits per heavy atom. The van der Waals surface area contributed by atoms with E-state index in [1.807, 2.05) is 12.1 Å². The average Bonchev–Trinajstić information content (AvgIpc) is 2.49. The first kappa shape index (κ1) is 16.5. The van der Waals surface area contributed by atoms with E-state index in [-0.39, 0.29) is 5.97 Å². The minimum absolute atomic E-state index is 0.291. The number of carbonyl (C=O) groups is 1. The maximum Gasteiger partial charge on any atom is 0.337 e. The smallest absolute Gasteiger partial charge is 0.337 e. The summed E-state index contributed by atoms with van der Waals surface area (Å²) in [5.74, 6) is 0.382. The van der Waals surface area contributed by atoms with E-state index < -0.39 is 0 Å². The molecule has 0 spiro atoms. The lowest BCUT2D eigenvalue weighted by atomic mass is 10.0. The van der Waals surface area contributed by atoms with Gasteiger partial charge >= 0.3 is 5.97 Å². The number of unbranched alkanes of at least 4 members (excludes halogenated alkanes) is 3. The van der Waals surface area contributed by atoms with Crippen LogP contribution >= 0.6 is 0 Å². The van der Waals surface area contributed by atoms with Gasteiger partial charge in [-0.3, -0.25) is 0 Å². The van der Waals surface area contributed by atoms with Crippen molar-refractivity contribution in [2.75, 3.05) is 19.0 Å². The zero-order valence-corrected chi connectivity index (χ0v) is 12.9. The molecule has 1 rings (SSSR count). The minimum atomic E-state index is -0.291. The van der Waals surface area contributed by atoms with Crippen LogP contribution in [0.2, 0.25) is 0 Å². The molecule has 0 aliphatic carbocycles. The summed E-state index contributed by atoms with van der Waals surface area (Å²) in [7, 11) is 1.40. The molecule has 0 saturated heterocycles. The Morgan fingerprint density at radius 2 is 1.90 bits per heavy atom. The van der Waals surface area contributed by atoms with E-state index in [0.29, 0.717) is 11.5 Å². The first-order valence-electron chi connectivity index (χ1n) is 7.59. The second-order valence-corrected chi connectivity index (χ2v) is 5.40. The second kappa shape index (κ2) is 9.40. The van der Waals surface area contributed by atoms with Crippen LogP contribution in [0.1, 0.15) is 56.3 Å². The summed E-state index contributed by atoms with van der Waals surface area (Å²) in [4.78, 5) is 11.3. The van der Waals surface area contributed by atoms with Gasteiger partial charge in [0.05, 0.1) is 12.7 Å². The van der Waals surface area contributed by atoms with Crippen LogP contribution in [0, 0.1) is 5.92 Å². The molecule has 0 radical (unpaired) electrons. The van der Waals surface area contributed by atoms with Crippen molar-refractivity contribution in [3.63, 3.8) is 0 Å². The summed E-state index contributed by atoms with van der Waals surface area (Å²) in [5, 5.41) is 3.42. The van der Waals surface area contributed by atoms with E-state index in [1.54, 1.807) is 12.1 Å².